The van der Waals surface area contributed by atoms with Crippen LogP contribution >= 0.6 is 0 Å². The number of nitrogens with zero attached hydrogens (tertiary/aromatic N) is 2. The lowest BCUT2D eigenvalue weighted by atomic mass is 10.6. The van der Waals surface area contributed by atoms with Crippen LogP contribution in [0.4, 0.5) is 0 Å². The molecule has 0 saturated carbocycles. The highest BCUT2D eigenvalue weighted by atomic mass is 16.3. The summed E-state index contributed by atoms with van der Waals surface area (Å²) in [6, 6.07) is 0. The monoisotopic (exact) mass is 126 g/mol. The summed E-state index contributed by atoms with van der Waals surface area (Å²) in [4.78, 5) is 20.0. The Morgan fingerprint density at radius 1 is 1.89 bits per heavy atom. The molecule has 0 spiro atoms. The van der Waals surface area contributed by atoms with Crippen LogP contribution in [0, 0.1) is 17.3 Å². The Balaban J connectivity index is 3.86. The van der Waals surface area contributed by atoms with E-state index < -0.39 is 5.91 Å². The van der Waals surface area contributed by atoms with Crippen molar-refractivity contribution in [2.75, 3.05) is 6.54 Å². The fourth-order valence-electron chi connectivity index (χ4n) is 0.284. The van der Waals surface area contributed by atoms with Crippen molar-refractivity contribution < 1.29 is 4.79 Å². The van der Waals surface area contributed by atoms with E-state index in [0.717, 1.165) is 0 Å². The lowest BCUT2D eigenvalue weighted by Crippen LogP contribution is -2.22. The predicted octanol–water partition coefficient (Wildman–Crippen LogP) is 0.149. The van der Waals surface area contributed by atoms with Crippen molar-refractivity contribution in [2.45, 2.75) is 6.92 Å². The molecule has 0 heterocycles. The van der Waals surface area contributed by atoms with Gasteiger partial charge in [0.25, 0.3) is 0 Å². The fraction of sp³-hybridized carbons (Fsp3) is 0.400. The van der Waals surface area contributed by atoms with Gasteiger partial charge >= 0.3 is 0 Å². The van der Waals surface area contributed by atoms with Gasteiger partial charge in [0.1, 0.15) is 6.54 Å². The Bertz CT molecular complexity index is 159. The summed E-state index contributed by atoms with van der Waals surface area (Å²) in [5.74, 6) is 1.67. The van der Waals surface area contributed by atoms with Crippen LogP contribution in [0.5, 0.6) is 0 Å². The van der Waals surface area contributed by atoms with Crippen LogP contribution < -0.4 is 0 Å². The summed E-state index contributed by atoms with van der Waals surface area (Å²) in [7, 11) is 0. The normalized spacial score (nSPS) is 7.56. The third-order valence-corrected chi connectivity index (χ3v) is 0.703. The van der Waals surface area contributed by atoms with E-state index in [1.165, 1.54) is 6.92 Å². The lowest BCUT2D eigenvalue weighted by Gasteiger charge is -2.03. The van der Waals surface area contributed by atoms with E-state index >= 15 is 0 Å². The maximum atomic E-state index is 10.3. The summed E-state index contributed by atoms with van der Waals surface area (Å²) in [6.07, 6.45) is 4.80. The summed E-state index contributed by atoms with van der Waals surface area (Å²) in [5, 5.41) is 3.04. The lowest BCUT2D eigenvalue weighted by molar-refractivity contribution is -0.128. The van der Waals surface area contributed by atoms with E-state index in [1.807, 2.05) is 0 Å². The summed E-state index contributed by atoms with van der Waals surface area (Å²) >= 11 is 0. The molecule has 0 atom stereocenters. The van der Waals surface area contributed by atoms with E-state index in [4.69, 9.17) is 6.42 Å². The number of nitroso groups, excluding NO2 is 1. The molecular formula is C5H6N2O2. The highest BCUT2D eigenvalue weighted by Crippen LogP contribution is 1.86. The van der Waals surface area contributed by atoms with E-state index in [0.29, 0.717) is 5.01 Å². The molecule has 4 nitrogen and oxygen atoms in total. The molecule has 0 radical (unpaired) electrons. The van der Waals surface area contributed by atoms with Crippen LogP contribution in [0.3, 0.4) is 0 Å². The van der Waals surface area contributed by atoms with Gasteiger partial charge in [0.05, 0.1) is 5.29 Å². The predicted molar refractivity (Wildman–Crippen MR) is 32.0 cm³/mol. The highest BCUT2D eigenvalue weighted by molar-refractivity contribution is 5.72. The SMILES string of the molecule is C#CCN(N=O)C(C)=O. The standard InChI is InChI=1S/C5H6N2O2/c1-3-4-7(6-9)5(2)8/h1H,4H2,2H3. The zero-order valence-electron chi connectivity index (χ0n) is 5.00. The summed E-state index contributed by atoms with van der Waals surface area (Å²) in [6.45, 7) is 1.16. The number of terminal acetylenes is 1. The molecule has 0 aliphatic rings. The van der Waals surface area contributed by atoms with Crippen molar-refractivity contribution in [1.29, 1.82) is 0 Å². The van der Waals surface area contributed by atoms with Gasteiger partial charge in [0, 0.05) is 6.92 Å². The van der Waals surface area contributed by atoms with Gasteiger partial charge in [-0.2, -0.15) is 5.01 Å². The van der Waals surface area contributed by atoms with E-state index in [1.54, 1.807) is 0 Å². The maximum absolute atomic E-state index is 10.3. The Morgan fingerprint density at radius 2 is 2.44 bits per heavy atom. The van der Waals surface area contributed by atoms with Crippen molar-refractivity contribution in [3.8, 4) is 12.3 Å². The number of hydrogen-bond acceptors (Lipinski definition) is 3. The Hall–Kier alpha value is -1.37. The number of carbonyl (C=O) groups excluding carboxylic acids is 1. The number of rotatable bonds is 2. The van der Waals surface area contributed by atoms with Gasteiger partial charge in [-0.15, -0.1) is 11.3 Å². The minimum absolute atomic E-state index is 0.0567. The zero-order valence-corrected chi connectivity index (χ0v) is 5.00. The van der Waals surface area contributed by atoms with E-state index in [2.05, 4.69) is 11.2 Å². The minimum Gasteiger partial charge on any atom is -0.273 e. The van der Waals surface area contributed by atoms with Gasteiger partial charge in [0.2, 0.25) is 5.91 Å². The number of amides is 1. The van der Waals surface area contributed by atoms with Gasteiger partial charge in [-0.05, 0) is 0 Å². The molecule has 48 valence electrons. The molecule has 0 aliphatic carbocycles. The molecule has 9 heavy (non-hydrogen) atoms. The molecule has 1 amide bonds. The van der Waals surface area contributed by atoms with Crippen molar-refractivity contribution in [2.24, 2.45) is 5.29 Å². The van der Waals surface area contributed by atoms with Gasteiger partial charge in [-0.1, -0.05) is 5.92 Å². The molecule has 4 heteroatoms. The van der Waals surface area contributed by atoms with E-state index in [-0.39, 0.29) is 6.54 Å². The second-order valence-electron chi connectivity index (χ2n) is 1.36. The van der Waals surface area contributed by atoms with Crippen LogP contribution in [0.25, 0.3) is 0 Å². The third-order valence-electron chi connectivity index (χ3n) is 0.703. The second kappa shape index (κ2) is 3.61. The van der Waals surface area contributed by atoms with Gasteiger partial charge in [-0.3, -0.25) is 4.79 Å². The zero-order chi connectivity index (χ0) is 7.28. The van der Waals surface area contributed by atoms with Crippen molar-refractivity contribution in [1.82, 2.24) is 5.01 Å². The smallest absolute Gasteiger partial charge is 0.243 e. The quantitative estimate of drug-likeness (QED) is 0.300. The van der Waals surface area contributed by atoms with E-state index in [9.17, 15) is 9.70 Å². The molecule has 0 N–H and O–H groups in total. The first-order chi connectivity index (χ1) is 4.22. The Kier molecular flexibility index (Phi) is 3.06. The molecule has 0 saturated heterocycles. The molecule has 0 bridgehead atoms. The fourth-order valence-corrected chi connectivity index (χ4v) is 0.284. The second-order valence-corrected chi connectivity index (χ2v) is 1.36. The van der Waals surface area contributed by atoms with Crippen molar-refractivity contribution in [3.63, 3.8) is 0 Å². The summed E-state index contributed by atoms with van der Waals surface area (Å²) in [5.41, 5.74) is 0. The van der Waals surface area contributed by atoms with Crippen LogP contribution in [0.15, 0.2) is 5.29 Å². The maximum Gasteiger partial charge on any atom is 0.243 e. The molecule has 0 rings (SSSR count). The van der Waals surface area contributed by atoms with Gasteiger partial charge in [-0.25, -0.2) is 0 Å². The molecule has 0 aromatic heterocycles. The van der Waals surface area contributed by atoms with Crippen LogP contribution in [0.2, 0.25) is 0 Å². The van der Waals surface area contributed by atoms with Gasteiger partial charge in [0.15, 0.2) is 0 Å². The topological polar surface area (TPSA) is 49.7 Å². The highest BCUT2D eigenvalue weighted by Gasteiger charge is 2.03. The number of hydrogen-bond donors (Lipinski definition) is 0. The average Bonchev–Trinajstić information content (AvgIpc) is 1.82. The van der Waals surface area contributed by atoms with Crippen molar-refractivity contribution in [3.05, 3.63) is 4.91 Å². The third kappa shape index (κ3) is 2.44. The van der Waals surface area contributed by atoms with Crippen molar-refractivity contribution >= 4 is 5.91 Å². The Labute approximate surface area is 52.8 Å². The molecule has 0 aromatic carbocycles. The Morgan fingerprint density at radius 3 is 2.56 bits per heavy atom. The molecule has 0 fully saturated rings. The van der Waals surface area contributed by atoms with Gasteiger partial charge < -0.3 is 0 Å². The first-order valence-corrected chi connectivity index (χ1v) is 2.27. The molecular weight excluding hydrogens is 120 g/mol. The van der Waals surface area contributed by atoms with Crippen LogP contribution in [0.1, 0.15) is 6.92 Å². The van der Waals surface area contributed by atoms with Crippen LogP contribution in [-0.4, -0.2) is 17.5 Å². The molecule has 0 unspecified atom stereocenters. The first-order valence-electron chi connectivity index (χ1n) is 2.27. The largest absolute Gasteiger partial charge is 0.273 e. The minimum atomic E-state index is -0.442. The molecule has 0 aliphatic heterocycles. The van der Waals surface area contributed by atoms with Crippen LogP contribution in [-0.2, 0) is 4.79 Å². The summed E-state index contributed by atoms with van der Waals surface area (Å²) < 4.78 is 0. The first kappa shape index (κ1) is 7.63. The average molecular weight is 126 g/mol. The molecule has 0 aromatic rings. The number of carbonyl (C=O) groups is 1.